The Labute approximate surface area is 95.9 Å². The van der Waals surface area contributed by atoms with Crippen molar-refractivity contribution >= 4 is 0 Å². The van der Waals surface area contributed by atoms with Gasteiger partial charge in [0.1, 0.15) is 5.75 Å². The normalized spacial score (nSPS) is 9.62. The van der Waals surface area contributed by atoms with E-state index in [1.54, 1.807) is 12.1 Å². The summed E-state index contributed by atoms with van der Waals surface area (Å²) in [5.74, 6) is 0.736. The third-order valence-corrected chi connectivity index (χ3v) is 2.28. The summed E-state index contributed by atoms with van der Waals surface area (Å²) in [6.07, 6.45) is 0. The Kier molecular flexibility index (Phi) is 3.91. The number of benzene rings is 1. The van der Waals surface area contributed by atoms with E-state index in [-0.39, 0.29) is 5.92 Å². The summed E-state index contributed by atoms with van der Waals surface area (Å²) in [7, 11) is 0. The zero-order valence-electron chi connectivity index (χ0n) is 9.74. The monoisotopic (exact) mass is 214 g/mol. The minimum atomic E-state index is 0.153. The Morgan fingerprint density at radius 2 is 1.69 bits per heavy atom. The van der Waals surface area contributed by atoms with Crippen molar-refractivity contribution in [1.29, 1.82) is 10.5 Å². The van der Waals surface area contributed by atoms with Crippen LogP contribution in [0.15, 0.2) is 12.1 Å². The zero-order valence-corrected chi connectivity index (χ0v) is 9.74. The highest BCUT2D eigenvalue weighted by Crippen LogP contribution is 2.27. The summed E-state index contributed by atoms with van der Waals surface area (Å²) < 4.78 is 5.32. The minimum Gasteiger partial charge on any atom is -0.494 e. The molecule has 16 heavy (non-hydrogen) atoms. The van der Waals surface area contributed by atoms with Gasteiger partial charge in [0.25, 0.3) is 0 Å². The molecule has 1 aromatic carbocycles. The molecule has 0 unspecified atom stereocenters. The molecule has 3 heteroatoms. The van der Waals surface area contributed by atoms with E-state index in [0.29, 0.717) is 23.5 Å². The van der Waals surface area contributed by atoms with E-state index in [1.165, 1.54) is 0 Å². The van der Waals surface area contributed by atoms with Crippen molar-refractivity contribution in [3.63, 3.8) is 0 Å². The molecule has 0 aliphatic carbocycles. The van der Waals surface area contributed by atoms with Crippen molar-refractivity contribution in [3.8, 4) is 17.9 Å². The molecule has 0 aromatic heterocycles. The summed E-state index contributed by atoms with van der Waals surface area (Å²) in [5.41, 5.74) is 1.85. The molecule has 1 aromatic rings. The molecule has 0 aliphatic heterocycles. The molecular weight excluding hydrogens is 200 g/mol. The zero-order chi connectivity index (χ0) is 12.1. The number of hydrogen-bond donors (Lipinski definition) is 0. The fourth-order valence-corrected chi connectivity index (χ4v) is 1.68. The van der Waals surface area contributed by atoms with Crippen molar-refractivity contribution < 1.29 is 4.74 Å². The summed E-state index contributed by atoms with van der Waals surface area (Å²) >= 11 is 0. The molecule has 0 saturated heterocycles. The van der Waals surface area contributed by atoms with Gasteiger partial charge in [-0.1, -0.05) is 13.8 Å². The Hall–Kier alpha value is -2.00. The first-order valence-corrected chi connectivity index (χ1v) is 5.25. The average molecular weight is 214 g/mol. The summed E-state index contributed by atoms with van der Waals surface area (Å²) in [5, 5.41) is 18.1. The van der Waals surface area contributed by atoms with Gasteiger partial charge >= 0.3 is 0 Å². The van der Waals surface area contributed by atoms with Crippen LogP contribution in [0.5, 0.6) is 5.75 Å². The molecule has 0 saturated carbocycles. The first-order valence-electron chi connectivity index (χ1n) is 5.25. The maximum Gasteiger partial charge on any atom is 0.121 e. The first kappa shape index (κ1) is 12.1. The maximum absolute atomic E-state index is 9.06. The average Bonchev–Trinajstić information content (AvgIpc) is 2.27. The number of rotatable bonds is 3. The van der Waals surface area contributed by atoms with Crippen molar-refractivity contribution in [3.05, 3.63) is 28.8 Å². The Morgan fingerprint density at radius 1 is 1.19 bits per heavy atom. The van der Waals surface area contributed by atoms with Crippen LogP contribution in [-0.2, 0) is 0 Å². The van der Waals surface area contributed by atoms with Gasteiger partial charge in [-0.25, -0.2) is 0 Å². The second-order valence-corrected chi connectivity index (χ2v) is 3.74. The van der Waals surface area contributed by atoms with Crippen LogP contribution in [0, 0.1) is 22.7 Å². The smallest absolute Gasteiger partial charge is 0.121 e. The quantitative estimate of drug-likeness (QED) is 0.777. The number of hydrogen-bond acceptors (Lipinski definition) is 3. The SMILES string of the molecule is CCOc1cc(C#N)c(C(C)C)c(C#N)c1. The van der Waals surface area contributed by atoms with Crippen LogP contribution in [0.2, 0.25) is 0 Å². The highest BCUT2D eigenvalue weighted by atomic mass is 16.5. The van der Waals surface area contributed by atoms with E-state index in [9.17, 15) is 0 Å². The fraction of sp³-hybridized carbons (Fsp3) is 0.385. The van der Waals surface area contributed by atoms with Crippen LogP contribution in [0.4, 0.5) is 0 Å². The second kappa shape index (κ2) is 5.19. The minimum absolute atomic E-state index is 0.153. The second-order valence-electron chi connectivity index (χ2n) is 3.74. The van der Waals surface area contributed by atoms with Crippen LogP contribution in [-0.4, -0.2) is 6.61 Å². The van der Waals surface area contributed by atoms with Gasteiger partial charge in [0, 0.05) is 0 Å². The van der Waals surface area contributed by atoms with E-state index in [4.69, 9.17) is 15.3 Å². The lowest BCUT2D eigenvalue weighted by Crippen LogP contribution is -2.00. The van der Waals surface area contributed by atoms with Crippen LogP contribution in [0.3, 0.4) is 0 Å². The van der Waals surface area contributed by atoms with E-state index in [1.807, 2.05) is 20.8 Å². The van der Waals surface area contributed by atoms with E-state index in [0.717, 1.165) is 5.56 Å². The molecule has 0 fully saturated rings. The van der Waals surface area contributed by atoms with Gasteiger partial charge in [-0.3, -0.25) is 0 Å². The van der Waals surface area contributed by atoms with Crippen molar-refractivity contribution in [2.24, 2.45) is 0 Å². The van der Waals surface area contributed by atoms with Gasteiger partial charge < -0.3 is 4.74 Å². The molecule has 0 aliphatic rings. The topological polar surface area (TPSA) is 56.8 Å². The lowest BCUT2D eigenvalue weighted by molar-refractivity contribution is 0.340. The van der Waals surface area contributed by atoms with E-state index >= 15 is 0 Å². The lowest BCUT2D eigenvalue weighted by Gasteiger charge is -2.12. The van der Waals surface area contributed by atoms with Gasteiger partial charge in [-0.15, -0.1) is 0 Å². The number of ether oxygens (including phenoxy) is 1. The predicted octanol–water partition coefficient (Wildman–Crippen LogP) is 2.95. The molecule has 0 radical (unpaired) electrons. The van der Waals surface area contributed by atoms with Gasteiger partial charge in [-0.2, -0.15) is 10.5 Å². The van der Waals surface area contributed by atoms with Gasteiger partial charge in [-0.05, 0) is 30.5 Å². The summed E-state index contributed by atoms with van der Waals surface area (Å²) in [6, 6.07) is 7.63. The molecular formula is C13H14N2O. The maximum atomic E-state index is 9.06. The van der Waals surface area contributed by atoms with Gasteiger partial charge in [0.05, 0.1) is 29.9 Å². The van der Waals surface area contributed by atoms with Crippen molar-refractivity contribution in [1.82, 2.24) is 0 Å². The van der Waals surface area contributed by atoms with Crippen LogP contribution in [0.1, 0.15) is 43.4 Å². The summed E-state index contributed by atoms with van der Waals surface area (Å²) in [4.78, 5) is 0. The van der Waals surface area contributed by atoms with Crippen LogP contribution in [0.25, 0.3) is 0 Å². The molecule has 0 N–H and O–H groups in total. The lowest BCUT2D eigenvalue weighted by atomic mass is 9.92. The molecule has 0 amide bonds. The van der Waals surface area contributed by atoms with Crippen molar-refractivity contribution in [2.45, 2.75) is 26.7 Å². The molecule has 0 heterocycles. The van der Waals surface area contributed by atoms with Gasteiger partial charge in [0.15, 0.2) is 0 Å². The predicted molar refractivity (Wildman–Crippen MR) is 61.1 cm³/mol. The molecule has 0 spiro atoms. The highest BCUT2D eigenvalue weighted by Gasteiger charge is 2.14. The van der Waals surface area contributed by atoms with E-state index < -0.39 is 0 Å². The molecule has 82 valence electrons. The van der Waals surface area contributed by atoms with Crippen LogP contribution < -0.4 is 4.74 Å². The Morgan fingerprint density at radius 3 is 2.00 bits per heavy atom. The third kappa shape index (κ3) is 2.32. The molecule has 3 nitrogen and oxygen atoms in total. The number of nitriles is 2. The first-order chi connectivity index (χ1) is 7.63. The van der Waals surface area contributed by atoms with Crippen LogP contribution >= 0.6 is 0 Å². The third-order valence-electron chi connectivity index (χ3n) is 2.28. The molecule has 0 bridgehead atoms. The largest absolute Gasteiger partial charge is 0.494 e. The summed E-state index contributed by atoms with van der Waals surface area (Å²) in [6.45, 7) is 6.33. The fourth-order valence-electron chi connectivity index (χ4n) is 1.68. The standard InChI is InChI=1S/C13H14N2O/c1-4-16-12-5-10(7-14)13(9(2)3)11(6-12)8-15/h5-6,9H,4H2,1-3H3. The molecule has 1 rings (SSSR count). The van der Waals surface area contributed by atoms with Crippen molar-refractivity contribution in [2.75, 3.05) is 6.61 Å². The highest BCUT2D eigenvalue weighted by molar-refractivity contribution is 5.54. The molecule has 0 atom stereocenters. The van der Waals surface area contributed by atoms with E-state index in [2.05, 4.69) is 12.1 Å². The Balaban J connectivity index is 3.40. The number of nitrogens with zero attached hydrogens (tertiary/aromatic N) is 2. The Bertz CT molecular complexity index is 429. The van der Waals surface area contributed by atoms with Gasteiger partial charge in [0.2, 0.25) is 0 Å².